The van der Waals surface area contributed by atoms with E-state index >= 15 is 0 Å². The fraction of sp³-hybridized carbons (Fsp3) is 0.465. The summed E-state index contributed by atoms with van der Waals surface area (Å²) >= 11 is 0. The van der Waals surface area contributed by atoms with Gasteiger partial charge in [0.05, 0.1) is 43.1 Å². The monoisotopic (exact) mass is 747 g/mol. The lowest BCUT2D eigenvalue weighted by Gasteiger charge is -2.32. The van der Waals surface area contributed by atoms with Gasteiger partial charge in [-0.15, -0.1) is 0 Å². The molecule has 0 bridgehead atoms. The molecule has 3 aromatic carbocycles. The number of imidazole rings is 2. The van der Waals surface area contributed by atoms with Crippen LogP contribution in [0.2, 0.25) is 0 Å². The first kappa shape index (κ1) is 37.9. The Labute approximate surface area is 322 Å². The second kappa shape index (κ2) is 16.1. The molecule has 1 aliphatic carbocycles. The Balaban J connectivity index is 1.11. The lowest BCUT2D eigenvalue weighted by atomic mass is 9.92. The van der Waals surface area contributed by atoms with Gasteiger partial charge in [0, 0.05) is 29.5 Å². The normalized spacial score (nSPS) is 17.3. The summed E-state index contributed by atoms with van der Waals surface area (Å²) in [7, 11) is 1.27. The lowest BCUT2D eigenvalue weighted by molar-refractivity contribution is -0.136. The van der Waals surface area contributed by atoms with Crippen LogP contribution in [-0.4, -0.2) is 73.4 Å². The predicted octanol–water partition coefficient (Wildman–Crippen LogP) is 8.10. The molecule has 1 unspecified atom stereocenters. The number of hydrogen-bond donors (Lipinski definition) is 3. The molecule has 7 rings (SSSR count). The Bertz CT molecular complexity index is 2210. The number of rotatable bonds is 13. The molecule has 1 fully saturated rings. The van der Waals surface area contributed by atoms with Gasteiger partial charge in [0.15, 0.2) is 0 Å². The summed E-state index contributed by atoms with van der Waals surface area (Å²) in [6, 6.07) is 15.0. The third-order valence-corrected chi connectivity index (χ3v) is 11.7. The molecule has 0 spiro atoms. The Kier molecular flexibility index (Phi) is 11.1. The van der Waals surface area contributed by atoms with Crippen LogP contribution < -0.4 is 10.1 Å². The number of nitrogens with zero attached hydrogens (tertiary/aromatic N) is 4. The van der Waals surface area contributed by atoms with E-state index < -0.39 is 6.09 Å². The van der Waals surface area contributed by atoms with Crippen LogP contribution in [-0.2, 0) is 34.0 Å². The Morgan fingerprint density at radius 3 is 2.56 bits per heavy atom. The van der Waals surface area contributed by atoms with Crippen molar-refractivity contribution < 1.29 is 23.9 Å². The molecule has 2 aliphatic rings. The summed E-state index contributed by atoms with van der Waals surface area (Å²) in [6.45, 7) is 11.6. The van der Waals surface area contributed by atoms with E-state index in [0.717, 1.165) is 93.4 Å². The molecule has 3 heterocycles. The van der Waals surface area contributed by atoms with Crippen LogP contribution in [0, 0.1) is 11.8 Å². The smallest absolute Gasteiger partial charge is 0.407 e. The van der Waals surface area contributed by atoms with E-state index in [0.29, 0.717) is 37.2 Å². The molecular formula is C43H53N7O5. The van der Waals surface area contributed by atoms with Gasteiger partial charge in [-0.1, -0.05) is 58.7 Å². The minimum absolute atomic E-state index is 0.0564. The topological polar surface area (TPSA) is 146 Å². The van der Waals surface area contributed by atoms with E-state index in [1.54, 1.807) is 4.90 Å². The highest BCUT2D eigenvalue weighted by molar-refractivity contribution is 6.07. The SMILES string of the molecule is CCC(C)CC(=O)N(Cc1ncc(-c2ccc3c(c2)COc2cc4c(ccc5[nH]c(CN(C(=O)CNC(=O)OC)[C@@H](C)CC)nc54)cc2-3)[nH]1)[C@H]1CCC[C@H]1C. The van der Waals surface area contributed by atoms with Crippen molar-refractivity contribution in [2.24, 2.45) is 11.8 Å². The summed E-state index contributed by atoms with van der Waals surface area (Å²) in [5.41, 5.74) is 6.84. The summed E-state index contributed by atoms with van der Waals surface area (Å²) in [5.74, 6) is 3.12. The average Bonchev–Trinajstić information content (AvgIpc) is 3.96. The predicted molar refractivity (Wildman–Crippen MR) is 213 cm³/mol. The van der Waals surface area contributed by atoms with Gasteiger partial charge < -0.3 is 34.6 Å². The molecule has 3 amide bonds. The maximum Gasteiger partial charge on any atom is 0.407 e. The first-order valence-corrected chi connectivity index (χ1v) is 19.7. The number of fused-ring (bicyclic) bond motifs is 6. The van der Waals surface area contributed by atoms with Crippen molar-refractivity contribution in [2.45, 2.75) is 105 Å². The van der Waals surface area contributed by atoms with Crippen LogP contribution in [0.25, 0.3) is 44.2 Å². The second-order valence-electron chi connectivity index (χ2n) is 15.5. The van der Waals surface area contributed by atoms with Crippen LogP contribution in [0.3, 0.4) is 0 Å². The second-order valence-corrected chi connectivity index (χ2v) is 15.5. The third-order valence-electron chi connectivity index (χ3n) is 11.7. The number of aromatic amines is 2. The first-order chi connectivity index (χ1) is 26.6. The Morgan fingerprint density at radius 1 is 0.982 bits per heavy atom. The van der Waals surface area contributed by atoms with E-state index in [1.807, 2.05) is 26.1 Å². The van der Waals surface area contributed by atoms with Gasteiger partial charge >= 0.3 is 6.09 Å². The minimum atomic E-state index is -0.647. The van der Waals surface area contributed by atoms with Crippen LogP contribution in [0.5, 0.6) is 5.75 Å². The van der Waals surface area contributed by atoms with E-state index in [2.05, 4.69) is 82.1 Å². The van der Waals surface area contributed by atoms with Gasteiger partial charge in [-0.2, -0.15) is 0 Å². The maximum atomic E-state index is 13.5. The third kappa shape index (κ3) is 7.90. The van der Waals surface area contributed by atoms with E-state index in [1.165, 1.54) is 7.11 Å². The Hall–Kier alpha value is -5.39. The first-order valence-electron chi connectivity index (χ1n) is 19.7. The van der Waals surface area contributed by atoms with Crippen molar-refractivity contribution in [1.82, 2.24) is 35.1 Å². The molecule has 4 atom stereocenters. The summed E-state index contributed by atoms with van der Waals surface area (Å²) in [5, 5.41) is 4.48. The highest BCUT2D eigenvalue weighted by atomic mass is 16.5. The number of carbonyl (C=O) groups is 3. The molecular weight excluding hydrogens is 695 g/mol. The van der Waals surface area contributed by atoms with Crippen LogP contribution in [0.4, 0.5) is 4.79 Å². The standard InChI is InChI=1S/C43H53N7O5/c1-7-25(3)16-40(51)50(36-11-9-10-26(36)4)22-38-44-20-35(47-38)29-12-14-31-30(17-29)24-55-37-19-32-28(18-33(31)37)13-15-34-42(32)48-39(46-34)23-49(27(5)8-2)41(52)21-45-43(53)54-6/h12-15,17-20,25-27,36H,7-11,16,21-24H2,1-6H3,(H,44,47)(H,45,53)(H,46,48)/t25?,26-,27+,36+/m1/s1. The fourth-order valence-corrected chi connectivity index (χ4v) is 8.06. The molecule has 3 N–H and O–H groups in total. The molecule has 0 radical (unpaired) electrons. The molecule has 1 saturated carbocycles. The molecule has 290 valence electrons. The minimum Gasteiger partial charge on any atom is -0.488 e. The van der Waals surface area contributed by atoms with Gasteiger partial charge in [-0.3, -0.25) is 9.59 Å². The summed E-state index contributed by atoms with van der Waals surface area (Å²) < 4.78 is 11.0. The zero-order valence-electron chi connectivity index (χ0n) is 32.8. The molecule has 2 aromatic heterocycles. The number of alkyl carbamates (subject to hydrolysis) is 1. The van der Waals surface area contributed by atoms with Gasteiger partial charge in [-0.25, -0.2) is 14.8 Å². The lowest BCUT2D eigenvalue weighted by Crippen LogP contribution is -2.44. The molecule has 12 nitrogen and oxygen atoms in total. The number of carbonyl (C=O) groups excluding carboxylic acids is 3. The highest BCUT2D eigenvalue weighted by Crippen LogP contribution is 2.42. The van der Waals surface area contributed by atoms with Crippen LogP contribution in [0.1, 0.15) is 90.4 Å². The number of aromatic nitrogens is 4. The zero-order chi connectivity index (χ0) is 38.8. The van der Waals surface area contributed by atoms with Gasteiger partial charge in [-0.05, 0) is 84.4 Å². The Morgan fingerprint density at radius 2 is 1.82 bits per heavy atom. The van der Waals surface area contributed by atoms with Gasteiger partial charge in [0.2, 0.25) is 11.8 Å². The highest BCUT2D eigenvalue weighted by Gasteiger charge is 2.33. The molecule has 5 aromatic rings. The van der Waals surface area contributed by atoms with E-state index in [-0.39, 0.29) is 37.0 Å². The van der Waals surface area contributed by atoms with Crippen molar-refractivity contribution in [1.29, 1.82) is 0 Å². The van der Waals surface area contributed by atoms with E-state index in [9.17, 15) is 14.4 Å². The quantitative estimate of drug-likeness (QED) is 0.110. The van der Waals surface area contributed by atoms with Crippen molar-refractivity contribution in [3.63, 3.8) is 0 Å². The summed E-state index contributed by atoms with van der Waals surface area (Å²) in [6.07, 6.45) is 6.91. The fourth-order valence-electron chi connectivity index (χ4n) is 8.06. The van der Waals surface area contributed by atoms with Gasteiger partial charge in [0.1, 0.15) is 30.5 Å². The van der Waals surface area contributed by atoms with Crippen molar-refractivity contribution in [2.75, 3.05) is 13.7 Å². The van der Waals surface area contributed by atoms with Crippen molar-refractivity contribution in [3.05, 3.63) is 65.9 Å². The maximum absolute atomic E-state index is 13.5. The zero-order valence-corrected chi connectivity index (χ0v) is 32.8. The van der Waals surface area contributed by atoms with E-state index in [4.69, 9.17) is 14.7 Å². The number of H-pyrrole nitrogens is 2. The summed E-state index contributed by atoms with van der Waals surface area (Å²) in [4.78, 5) is 58.6. The average molecular weight is 748 g/mol. The van der Waals surface area contributed by atoms with Crippen molar-refractivity contribution in [3.8, 4) is 28.1 Å². The van der Waals surface area contributed by atoms with Crippen LogP contribution >= 0.6 is 0 Å². The number of ether oxygens (including phenoxy) is 2. The molecule has 55 heavy (non-hydrogen) atoms. The number of methoxy groups -OCH3 is 1. The molecule has 1 aliphatic heterocycles. The number of nitrogens with one attached hydrogen (secondary N) is 3. The number of hydrogen-bond acceptors (Lipinski definition) is 7. The number of benzene rings is 3. The van der Waals surface area contributed by atoms with Crippen LogP contribution in [0.15, 0.2) is 48.7 Å². The largest absolute Gasteiger partial charge is 0.488 e. The molecule has 0 saturated heterocycles. The van der Waals surface area contributed by atoms with Crippen molar-refractivity contribution >= 4 is 39.7 Å². The van der Waals surface area contributed by atoms with Gasteiger partial charge in [0.25, 0.3) is 0 Å². The molecule has 12 heteroatoms. The number of amides is 3.